The molecule has 0 bridgehead atoms. The van der Waals surface area contributed by atoms with Crippen molar-refractivity contribution in [2.45, 2.75) is 32.2 Å². The molecule has 5 heteroatoms. The molecule has 1 amide bonds. The van der Waals surface area contributed by atoms with Crippen LogP contribution in [0.4, 0.5) is 0 Å². The van der Waals surface area contributed by atoms with Gasteiger partial charge in [-0.05, 0) is 43.6 Å². The van der Waals surface area contributed by atoms with Gasteiger partial charge in [0.05, 0.1) is 7.11 Å². The van der Waals surface area contributed by atoms with Gasteiger partial charge in [0.2, 0.25) is 5.91 Å². The number of phenols is 1. The predicted octanol–water partition coefficient (Wildman–Crippen LogP) is 1.89. The molecule has 1 saturated heterocycles. The van der Waals surface area contributed by atoms with Crippen molar-refractivity contribution in [3.8, 4) is 11.5 Å². The highest BCUT2D eigenvalue weighted by Gasteiger charge is 2.11. The third-order valence-electron chi connectivity index (χ3n) is 3.84. The first kappa shape index (κ1) is 15.6. The van der Waals surface area contributed by atoms with Gasteiger partial charge in [-0.15, -0.1) is 0 Å². The zero-order chi connectivity index (χ0) is 15.1. The van der Waals surface area contributed by atoms with E-state index in [1.54, 1.807) is 18.2 Å². The van der Waals surface area contributed by atoms with Crippen molar-refractivity contribution in [3.05, 3.63) is 23.8 Å². The smallest absolute Gasteiger partial charge is 0.221 e. The Kier molecular flexibility index (Phi) is 5.87. The molecule has 1 aromatic rings. The van der Waals surface area contributed by atoms with Gasteiger partial charge in [-0.3, -0.25) is 4.79 Å². The van der Waals surface area contributed by atoms with E-state index < -0.39 is 0 Å². The van der Waals surface area contributed by atoms with Crippen LogP contribution in [0.1, 0.15) is 31.2 Å². The van der Waals surface area contributed by atoms with Crippen LogP contribution in [-0.4, -0.2) is 42.7 Å². The Balaban J connectivity index is 1.73. The normalized spacial score (nSPS) is 15.7. The van der Waals surface area contributed by atoms with Gasteiger partial charge in [-0.25, -0.2) is 0 Å². The summed E-state index contributed by atoms with van der Waals surface area (Å²) >= 11 is 0. The fourth-order valence-corrected chi connectivity index (χ4v) is 2.56. The second-order valence-corrected chi connectivity index (χ2v) is 5.44. The van der Waals surface area contributed by atoms with Gasteiger partial charge in [-0.2, -0.15) is 0 Å². The Hall–Kier alpha value is -1.75. The second kappa shape index (κ2) is 7.88. The lowest BCUT2D eigenvalue weighted by Gasteiger charge is -2.25. The molecule has 1 fully saturated rings. The number of nitrogens with one attached hydrogen (secondary N) is 1. The number of piperidine rings is 1. The molecule has 1 aliphatic heterocycles. The third-order valence-corrected chi connectivity index (χ3v) is 3.84. The van der Waals surface area contributed by atoms with Crippen molar-refractivity contribution < 1.29 is 14.6 Å². The lowest BCUT2D eigenvalue weighted by Crippen LogP contribution is -2.34. The standard InChI is InChI=1S/C16H24N2O3/c1-21-15-11-13(5-6-14(15)19)12-17-16(20)7-10-18-8-3-2-4-9-18/h5-6,11,19H,2-4,7-10,12H2,1H3,(H,17,20). The average molecular weight is 292 g/mol. The zero-order valence-corrected chi connectivity index (χ0v) is 12.6. The molecule has 1 aliphatic rings. The highest BCUT2D eigenvalue weighted by atomic mass is 16.5. The van der Waals surface area contributed by atoms with Crippen molar-refractivity contribution in [3.63, 3.8) is 0 Å². The first-order valence-electron chi connectivity index (χ1n) is 7.54. The number of methoxy groups -OCH3 is 1. The van der Waals surface area contributed by atoms with E-state index in [-0.39, 0.29) is 11.7 Å². The zero-order valence-electron chi connectivity index (χ0n) is 12.6. The van der Waals surface area contributed by atoms with E-state index in [2.05, 4.69) is 10.2 Å². The fraction of sp³-hybridized carbons (Fsp3) is 0.562. The maximum absolute atomic E-state index is 11.9. The SMILES string of the molecule is COc1cc(CNC(=O)CCN2CCCCC2)ccc1O. The van der Waals surface area contributed by atoms with Crippen LogP contribution in [0.5, 0.6) is 11.5 Å². The molecule has 0 saturated carbocycles. The summed E-state index contributed by atoms with van der Waals surface area (Å²) in [6.07, 6.45) is 4.34. The van der Waals surface area contributed by atoms with E-state index in [0.717, 1.165) is 25.2 Å². The lowest BCUT2D eigenvalue weighted by molar-refractivity contribution is -0.121. The molecule has 1 heterocycles. The fourth-order valence-electron chi connectivity index (χ4n) is 2.56. The molecular formula is C16H24N2O3. The molecule has 21 heavy (non-hydrogen) atoms. The van der Waals surface area contributed by atoms with Crippen molar-refractivity contribution in [2.75, 3.05) is 26.7 Å². The monoisotopic (exact) mass is 292 g/mol. The Bertz CT molecular complexity index is 471. The number of carbonyl (C=O) groups excluding carboxylic acids is 1. The number of hydrogen-bond donors (Lipinski definition) is 2. The molecule has 0 atom stereocenters. The number of hydrogen-bond acceptors (Lipinski definition) is 4. The average Bonchev–Trinajstić information content (AvgIpc) is 2.53. The molecule has 0 aliphatic carbocycles. The minimum absolute atomic E-state index is 0.0626. The quantitative estimate of drug-likeness (QED) is 0.840. The number of likely N-dealkylation sites (tertiary alicyclic amines) is 1. The van der Waals surface area contributed by atoms with E-state index in [1.807, 2.05) is 0 Å². The summed E-state index contributed by atoms with van der Waals surface area (Å²) < 4.78 is 5.05. The molecule has 5 nitrogen and oxygen atoms in total. The van der Waals surface area contributed by atoms with Gasteiger partial charge < -0.3 is 20.1 Å². The number of amides is 1. The largest absolute Gasteiger partial charge is 0.504 e. The summed E-state index contributed by atoms with van der Waals surface area (Å²) in [6, 6.07) is 5.09. The van der Waals surface area contributed by atoms with Crippen LogP contribution in [-0.2, 0) is 11.3 Å². The van der Waals surface area contributed by atoms with Crippen molar-refractivity contribution in [1.29, 1.82) is 0 Å². The highest BCUT2D eigenvalue weighted by molar-refractivity contribution is 5.76. The maximum atomic E-state index is 11.9. The topological polar surface area (TPSA) is 61.8 Å². The van der Waals surface area contributed by atoms with Gasteiger partial charge in [0, 0.05) is 19.5 Å². The van der Waals surface area contributed by atoms with Crippen molar-refractivity contribution in [2.24, 2.45) is 0 Å². The van der Waals surface area contributed by atoms with Gasteiger partial charge in [-0.1, -0.05) is 12.5 Å². The van der Waals surface area contributed by atoms with E-state index in [4.69, 9.17) is 4.74 Å². The van der Waals surface area contributed by atoms with Crippen LogP contribution in [0.15, 0.2) is 18.2 Å². The summed E-state index contributed by atoms with van der Waals surface area (Å²) in [6.45, 7) is 3.52. The number of benzene rings is 1. The molecule has 2 rings (SSSR count). The number of carbonyl (C=O) groups is 1. The number of nitrogens with zero attached hydrogens (tertiary/aromatic N) is 1. The summed E-state index contributed by atoms with van der Waals surface area (Å²) in [4.78, 5) is 14.2. The molecule has 1 aromatic carbocycles. The second-order valence-electron chi connectivity index (χ2n) is 5.44. The predicted molar refractivity (Wildman–Crippen MR) is 81.4 cm³/mol. The van der Waals surface area contributed by atoms with Crippen LogP contribution in [0, 0.1) is 0 Å². The van der Waals surface area contributed by atoms with Gasteiger partial charge >= 0.3 is 0 Å². The summed E-state index contributed by atoms with van der Waals surface area (Å²) in [5.74, 6) is 0.598. The van der Waals surface area contributed by atoms with Crippen LogP contribution in [0.2, 0.25) is 0 Å². The molecule has 0 aromatic heterocycles. The van der Waals surface area contributed by atoms with E-state index in [1.165, 1.54) is 26.4 Å². The molecule has 116 valence electrons. The first-order valence-corrected chi connectivity index (χ1v) is 7.54. The first-order chi connectivity index (χ1) is 10.2. The number of aromatic hydroxyl groups is 1. The third kappa shape index (κ3) is 4.93. The van der Waals surface area contributed by atoms with E-state index >= 15 is 0 Å². The number of rotatable bonds is 6. The summed E-state index contributed by atoms with van der Waals surface area (Å²) in [5.41, 5.74) is 0.913. The van der Waals surface area contributed by atoms with Gasteiger partial charge in [0.1, 0.15) is 0 Å². The lowest BCUT2D eigenvalue weighted by atomic mass is 10.1. The molecule has 0 unspecified atom stereocenters. The summed E-state index contributed by atoms with van der Waals surface area (Å²) in [7, 11) is 1.51. The Morgan fingerprint density at radius 2 is 2.10 bits per heavy atom. The molecule has 0 spiro atoms. The van der Waals surface area contributed by atoms with Crippen LogP contribution < -0.4 is 10.1 Å². The Morgan fingerprint density at radius 3 is 2.81 bits per heavy atom. The van der Waals surface area contributed by atoms with E-state index in [9.17, 15) is 9.90 Å². The van der Waals surface area contributed by atoms with Gasteiger partial charge in [0.25, 0.3) is 0 Å². The molecular weight excluding hydrogens is 268 g/mol. The van der Waals surface area contributed by atoms with Crippen LogP contribution >= 0.6 is 0 Å². The van der Waals surface area contributed by atoms with Gasteiger partial charge in [0.15, 0.2) is 11.5 Å². The Morgan fingerprint density at radius 1 is 1.33 bits per heavy atom. The summed E-state index contributed by atoms with van der Waals surface area (Å²) in [5, 5.41) is 12.4. The number of phenolic OH excluding ortho intramolecular Hbond substituents is 1. The van der Waals surface area contributed by atoms with Crippen LogP contribution in [0.25, 0.3) is 0 Å². The minimum Gasteiger partial charge on any atom is -0.504 e. The highest BCUT2D eigenvalue weighted by Crippen LogP contribution is 2.26. The maximum Gasteiger partial charge on any atom is 0.221 e. The van der Waals surface area contributed by atoms with Crippen molar-refractivity contribution >= 4 is 5.91 Å². The Labute approximate surface area is 125 Å². The van der Waals surface area contributed by atoms with Crippen LogP contribution in [0.3, 0.4) is 0 Å². The molecule has 0 radical (unpaired) electrons. The van der Waals surface area contributed by atoms with E-state index in [0.29, 0.717) is 18.7 Å². The molecule has 2 N–H and O–H groups in total. The minimum atomic E-state index is 0.0626. The van der Waals surface area contributed by atoms with Crippen molar-refractivity contribution in [1.82, 2.24) is 10.2 Å². The number of ether oxygens (including phenoxy) is 1.